The lowest BCUT2D eigenvalue weighted by molar-refractivity contribution is 0.0653. The second-order valence-corrected chi connectivity index (χ2v) is 5.16. The number of amides is 1. The molecule has 1 amide bonds. The van der Waals surface area contributed by atoms with Crippen molar-refractivity contribution in [1.29, 1.82) is 0 Å². The van der Waals surface area contributed by atoms with Crippen molar-refractivity contribution in [3.63, 3.8) is 0 Å². The van der Waals surface area contributed by atoms with E-state index in [2.05, 4.69) is 5.32 Å². The van der Waals surface area contributed by atoms with Crippen molar-refractivity contribution in [2.75, 3.05) is 18.9 Å². The largest absolute Gasteiger partial charge is 0.385 e. The monoisotopic (exact) mass is 266 g/mol. The molecule has 0 spiro atoms. The van der Waals surface area contributed by atoms with Gasteiger partial charge in [-0.1, -0.05) is 11.6 Å². The summed E-state index contributed by atoms with van der Waals surface area (Å²) in [6.07, 6.45) is 3.44. The maximum absolute atomic E-state index is 12.5. The van der Waals surface area contributed by atoms with Crippen LogP contribution in [0.15, 0.2) is 18.2 Å². The highest BCUT2D eigenvalue weighted by Gasteiger charge is 2.27. The summed E-state index contributed by atoms with van der Waals surface area (Å²) in [7, 11) is 1.88. The van der Waals surface area contributed by atoms with Gasteiger partial charge in [-0.3, -0.25) is 4.79 Å². The minimum absolute atomic E-state index is 0.0538. The predicted molar refractivity (Wildman–Crippen MR) is 75.3 cm³/mol. The first-order valence-electron chi connectivity index (χ1n) is 6.44. The number of carbonyl (C=O) groups is 1. The lowest BCUT2D eigenvalue weighted by Crippen LogP contribution is -2.41. The van der Waals surface area contributed by atoms with Crippen LogP contribution in [0.25, 0.3) is 0 Å². The fourth-order valence-electron chi connectivity index (χ4n) is 2.17. The number of halogens is 1. The highest BCUT2D eigenvalue weighted by atomic mass is 35.5. The van der Waals surface area contributed by atoms with Gasteiger partial charge in [0.2, 0.25) is 0 Å². The molecule has 18 heavy (non-hydrogen) atoms. The molecule has 0 bridgehead atoms. The van der Waals surface area contributed by atoms with E-state index in [4.69, 9.17) is 11.6 Å². The lowest BCUT2D eigenvalue weighted by atomic mass is 9.91. The fraction of sp³-hybridized carbons (Fsp3) is 0.500. The van der Waals surface area contributed by atoms with Crippen LogP contribution in [-0.2, 0) is 0 Å². The van der Waals surface area contributed by atoms with Crippen LogP contribution in [0.3, 0.4) is 0 Å². The summed E-state index contributed by atoms with van der Waals surface area (Å²) in [6, 6.07) is 5.82. The molecule has 98 valence electrons. The van der Waals surface area contributed by atoms with E-state index in [1.165, 1.54) is 6.42 Å². The molecule has 0 atom stereocenters. The maximum atomic E-state index is 12.5. The summed E-state index contributed by atoms with van der Waals surface area (Å²) >= 11 is 5.99. The molecule has 2 rings (SSSR count). The third kappa shape index (κ3) is 2.61. The predicted octanol–water partition coefficient (Wildman–Crippen LogP) is 3.40. The Balaban J connectivity index is 2.24. The number of nitrogens with one attached hydrogen (secondary N) is 1. The number of nitrogens with zero attached hydrogens (tertiary/aromatic N) is 1. The molecule has 3 nitrogen and oxygen atoms in total. The molecule has 1 aromatic carbocycles. The van der Waals surface area contributed by atoms with Crippen molar-refractivity contribution in [2.24, 2.45) is 0 Å². The number of benzene rings is 1. The smallest absolute Gasteiger partial charge is 0.255 e. The number of hydrogen-bond acceptors (Lipinski definition) is 2. The van der Waals surface area contributed by atoms with Crippen LogP contribution < -0.4 is 5.32 Å². The Morgan fingerprint density at radius 1 is 1.50 bits per heavy atom. The van der Waals surface area contributed by atoms with Crippen molar-refractivity contribution in [1.82, 2.24) is 4.90 Å². The minimum atomic E-state index is 0.0538. The molecule has 0 heterocycles. The second kappa shape index (κ2) is 5.61. The van der Waals surface area contributed by atoms with Crippen LogP contribution in [-0.4, -0.2) is 30.4 Å². The summed E-state index contributed by atoms with van der Waals surface area (Å²) < 4.78 is 0. The van der Waals surface area contributed by atoms with Gasteiger partial charge in [0, 0.05) is 30.3 Å². The second-order valence-electron chi connectivity index (χ2n) is 4.72. The van der Waals surface area contributed by atoms with Gasteiger partial charge in [0.15, 0.2) is 0 Å². The topological polar surface area (TPSA) is 32.3 Å². The zero-order valence-corrected chi connectivity index (χ0v) is 11.6. The normalized spacial score (nSPS) is 15.1. The van der Waals surface area contributed by atoms with Crippen LogP contribution in [0.4, 0.5) is 5.69 Å². The quantitative estimate of drug-likeness (QED) is 0.906. The van der Waals surface area contributed by atoms with Crippen LogP contribution in [0.1, 0.15) is 36.5 Å². The van der Waals surface area contributed by atoms with Crippen LogP contribution in [0, 0.1) is 0 Å². The summed E-state index contributed by atoms with van der Waals surface area (Å²) in [5, 5.41) is 3.81. The SMILES string of the molecule is CCNc1ccc(Cl)cc1C(=O)N(C)C1CCC1. The van der Waals surface area contributed by atoms with Gasteiger partial charge < -0.3 is 10.2 Å². The first kappa shape index (κ1) is 13.2. The van der Waals surface area contributed by atoms with Crippen molar-refractivity contribution < 1.29 is 4.79 Å². The zero-order valence-electron chi connectivity index (χ0n) is 10.9. The van der Waals surface area contributed by atoms with Crippen LogP contribution in [0.5, 0.6) is 0 Å². The Kier molecular flexibility index (Phi) is 4.12. The first-order valence-corrected chi connectivity index (χ1v) is 6.82. The Morgan fingerprint density at radius 3 is 2.78 bits per heavy atom. The molecule has 1 saturated carbocycles. The molecular formula is C14H19ClN2O. The minimum Gasteiger partial charge on any atom is -0.385 e. The van der Waals surface area contributed by atoms with Crippen LogP contribution in [0.2, 0.25) is 5.02 Å². The van der Waals surface area contributed by atoms with E-state index in [0.29, 0.717) is 16.6 Å². The van der Waals surface area contributed by atoms with Crippen molar-refractivity contribution >= 4 is 23.2 Å². The third-order valence-electron chi connectivity index (χ3n) is 3.52. The average Bonchev–Trinajstić information content (AvgIpc) is 2.28. The summed E-state index contributed by atoms with van der Waals surface area (Å²) in [4.78, 5) is 14.3. The Hall–Kier alpha value is -1.22. The standard InChI is InChI=1S/C14H19ClN2O/c1-3-16-13-8-7-10(15)9-12(13)14(18)17(2)11-5-4-6-11/h7-9,11,16H,3-6H2,1-2H3. The highest BCUT2D eigenvalue weighted by molar-refractivity contribution is 6.31. The molecule has 0 aliphatic heterocycles. The van der Waals surface area contributed by atoms with E-state index in [1.54, 1.807) is 12.1 Å². The first-order chi connectivity index (χ1) is 8.63. The molecular weight excluding hydrogens is 248 g/mol. The van der Waals surface area contributed by atoms with Crippen molar-refractivity contribution in [3.8, 4) is 0 Å². The summed E-state index contributed by atoms with van der Waals surface area (Å²) in [5.41, 5.74) is 1.52. The van der Waals surface area contributed by atoms with Gasteiger partial charge in [0.25, 0.3) is 5.91 Å². The number of anilines is 1. The van der Waals surface area contributed by atoms with Gasteiger partial charge in [0.1, 0.15) is 0 Å². The van der Waals surface area contributed by atoms with Gasteiger partial charge in [-0.25, -0.2) is 0 Å². The van der Waals surface area contributed by atoms with Crippen molar-refractivity contribution in [3.05, 3.63) is 28.8 Å². The van der Waals surface area contributed by atoms with Gasteiger partial charge in [-0.15, -0.1) is 0 Å². The Morgan fingerprint density at radius 2 is 2.22 bits per heavy atom. The fourth-order valence-corrected chi connectivity index (χ4v) is 2.34. The Bertz CT molecular complexity index is 443. The molecule has 1 aliphatic rings. The molecule has 0 aromatic heterocycles. The van der Waals surface area contributed by atoms with Gasteiger partial charge in [-0.2, -0.15) is 0 Å². The zero-order chi connectivity index (χ0) is 13.1. The van der Waals surface area contributed by atoms with E-state index in [0.717, 1.165) is 25.1 Å². The maximum Gasteiger partial charge on any atom is 0.255 e. The number of rotatable bonds is 4. The van der Waals surface area contributed by atoms with Crippen LogP contribution >= 0.6 is 11.6 Å². The Labute approximate surface area is 113 Å². The van der Waals surface area contributed by atoms with Crippen molar-refractivity contribution in [2.45, 2.75) is 32.2 Å². The summed E-state index contributed by atoms with van der Waals surface area (Å²) in [5.74, 6) is 0.0538. The summed E-state index contributed by atoms with van der Waals surface area (Å²) in [6.45, 7) is 2.80. The lowest BCUT2D eigenvalue weighted by Gasteiger charge is -2.35. The molecule has 4 heteroatoms. The van der Waals surface area contributed by atoms with E-state index >= 15 is 0 Å². The number of hydrogen-bond donors (Lipinski definition) is 1. The van der Waals surface area contributed by atoms with E-state index < -0.39 is 0 Å². The molecule has 1 fully saturated rings. The molecule has 1 aromatic rings. The van der Waals surface area contributed by atoms with Gasteiger partial charge in [0.05, 0.1) is 5.56 Å². The molecule has 0 saturated heterocycles. The molecule has 1 N–H and O–H groups in total. The average molecular weight is 267 g/mol. The number of carbonyl (C=O) groups excluding carboxylic acids is 1. The molecule has 1 aliphatic carbocycles. The third-order valence-corrected chi connectivity index (χ3v) is 3.76. The van der Waals surface area contributed by atoms with E-state index in [-0.39, 0.29) is 5.91 Å². The van der Waals surface area contributed by atoms with E-state index in [1.807, 2.05) is 24.9 Å². The van der Waals surface area contributed by atoms with Gasteiger partial charge in [-0.05, 0) is 44.4 Å². The van der Waals surface area contributed by atoms with E-state index in [9.17, 15) is 4.79 Å². The molecule has 0 radical (unpaired) electrons. The molecule has 0 unspecified atom stereocenters. The highest BCUT2D eigenvalue weighted by Crippen LogP contribution is 2.27. The van der Waals surface area contributed by atoms with Gasteiger partial charge >= 0.3 is 0 Å².